The van der Waals surface area contributed by atoms with Crippen molar-refractivity contribution in [2.45, 2.75) is 26.2 Å². The van der Waals surface area contributed by atoms with E-state index in [9.17, 15) is 9.18 Å². The first-order valence-corrected chi connectivity index (χ1v) is 7.80. The van der Waals surface area contributed by atoms with Gasteiger partial charge in [0.1, 0.15) is 5.82 Å². The number of carbonyl (C=O) groups is 1. The molecule has 1 heterocycles. The number of amides is 1. The highest BCUT2D eigenvalue weighted by atomic mass is 35.5. The number of hydrogen-bond acceptors (Lipinski definition) is 2. The van der Waals surface area contributed by atoms with Crippen molar-refractivity contribution in [2.75, 3.05) is 26.7 Å². The molecule has 1 aromatic carbocycles. The van der Waals surface area contributed by atoms with Crippen LogP contribution in [-0.2, 0) is 0 Å². The van der Waals surface area contributed by atoms with Crippen LogP contribution in [0.5, 0.6) is 0 Å². The van der Waals surface area contributed by atoms with E-state index in [1.54, 1.807) is 13.0 Å². The van der Waals surface area contributed by atoms with Gasteiger partial charge in [-0.2, -0.15) is 0 Å². The quantitative estimate of drug-likeness (QED) is 0.900. The summed E-state index contributed by atoms with van der Waals surface area (Å²) in [5.41, 5.74) is 0.857. The fourth-order valence-corrected chi connectivity index (χ4v) is 3.00. The van der Waals surface area contributed by atoms with Crippen molar-refractivity contribution in [1.29, 1.82) is 0 Å². The Bertz CT molecular complexity index is 517. The minimum absolute atomic E-state index is 0. The highest BCUT2D eigenvalue weighted by molar-refractivity contribution is 6.33. The van der Waals surface area contributed by atoms with E-state index in [1.165, 1.54) is 6.07 Å². The largest absolute Gasteiger partial charge is 0.339 e. The van der Waals surface area contributed by atoms with Gasteiger partial charge in [0, 0.05) is 13.1 Å². The Morgan fingerprint density at radius 1 is 1.41 bits per heavy atom. The second kappa shape index (κ2) is 8.70. The van der Waals surface area contributed by atoms with Crippen LogP contribution in [0.1, 0.15) is 35.2 Å². The van der Waals surface area contributed by atoms with Crippen LogP contribution in [0.15, 0.2) is 12.1 Å². The Balaban J connectivity index is 0.00000242. The molecule has 0 radical (unpaired) electrons. The van der Waals surface area contributed by atoms with E-state index in [0.29, 0.717) is 17.0 Å². The second-order valence-corrected chi connectivity index (χ2v) is 6.12. The summed E-state index contributed by atoms with van der Waals surface area (Å²) in [6, 6.07) is 2.77. The zero-order valence-electron chi connectivity index (χ0n) is 13.0. The van der Waals surface area contributed by atoms with Crippen molar-refractivity contribution >= 4 is 29.9 Å². The van der Waals surface area contributed by atoms with E-state index in [2.05, 4.69) is 5.32 Å². The maximum Gasteiger partial charge on any atom is 0.255 e. The third-order valence-electron chi connectivity index (χ3n) is 4.18. The molecular formula is C16H23Cl2FN2O. The average molecular weight is 349 g/mol. The van der Waals surface area contributed by atoms with E-state index >= 15 is 0 Å². The summed E-state index contributed by atoms with van der Waals surface area (Å²) in [6.07, 6.45) is 3.19. The molecule has 1 fully saturated rings. The van der Waals surface area contributed by atoms with Crippen LogP contribution in [0.2, 0.25) is 5.02 Å². The van der Waals surface area contributed by atoms with Crippen LogP contribution >= 0.6 is 24.0 Å². The summed E-state index contributed by atoms with van der Waals surface area (Å²) in [4.78, 5) is 14.3. The van der Waals surface area contributed by atoms with Gasteiger partial charge >= 0.3 is 0 Å². The van der Waals surface area contributed by atoms with E-state index < -0.39 is 0 Å². The molecule has 0 aliphatic carbocycles. The summed E-state index contributed by atoms with van der Waals surface area (Å²) >= 11 is 6.02. The molecule has 0 aromatic heterocycles. The maximum absolute atomic E-state index is 13.4. The third kappa shape index (κ3) is 4.58. The fraction of sp³-hybridized carbons (Fsp3) is 0.562. The summed E-state index contributed by atoms with van der Waals surface area (Å²) in [5.74, 6) is 0.212. The Hall–Kier alpha value is -0.840. The molecule has 3 nitrogen and oxygen atoms in total. The Labute approximate surface area is 142 Å². The molecule has 2 rings (SSSR count). The predicted molar refractivity (Wildman–Crippen MR) is 90.6 cm³/mol. The van der Waals surface area contributed by atoms with Crippen LogP contribution in [0.25, 0.3) is 0 Å². The van der Waals surface area contributed by atoms with Gasteiger partial charge in [-0.15, -0.1) is 12.4 Å². The number of nitrogens with one attached hydrogen (secondary N) is 1. The van der Waals surface area contributed by atoms with Gasteiger partial charge in [-0.25, -0.2) is 4.39 Å². The van der Waals surface area contributed by atoms with Gasteiger partial charge < -0.3 is 10.2 Å². The molecule has 1 aromatic rings. The maximum atomic E-state index is 13.4. The normalized spacial score (nSPS) is 15.5. The van der Waals surface area contributed by atoms with E-state index in [4.69, 9.17) is 11.6 Å². The summed E-state index contributed by atoms with van der Waals surface area (Å²) in [7, 11) is 1.96. The van der Waals surface area contributed by atoms with Crippen molar-refractivity contribution < 1.29 is 9.18 Å². The summed E-state index contributed by atoms with van der Waals surface area (Å²) in [6.45, 7) is 4.16. The predicted octanol–water partition coefficient (Wildman–Crippen LogP) is 3.67. The first-order valence-electron chi connectivity index (χ1n) is 7.42. The van der Waals surface area contributed by atoms with Crippen LogP contribution < -0.4 is 5.32 Å². The zero-order chi connectivity index (χ0) is 15.4. The molecular weight excluding hydrogens is 326 g/mol. The monoisotopic (exact) mass is 348 g/mol. The highest BCUT2D eigenvalue weighted by Crippen LogP contribution is 2.25. The lowest BCUT2D eigenvalue weighted by molar-refractivity contribution is 0.0687. The molecule has 22 heavy (non-hydrogen) atoms. The van der Waals surface area contributed by atoms with Crippen molar-refractivity contribution in [3.8, 4) is 0 Å². The molecule has 1 aliphatic heterocycles. The number of benzene rings is 1. The number of piperidine rings is 1. The number of rotatable bonds is 4. The smallest absolute Gasteiger partial charge is 0.255 e. The molecule has 0 spiro atoms. The zero-order valence-corrected chi connectivity index (χ0v) is 14.6. The Kier molecular flexibility index (Phi) is 7.60. The van der Waals surface area contributed by atoms with Crippen LogP contribution in [0, 0.1) is 18.7 Å². The number of likely N-dealkylation sites (tertiary alicyclic amines) is 1. The number of hydrogen-bond donors (Lipinski definition) is 1. The number of halogens is 3. The van der Waals surface area contributed by atoms with E-state index in [1.807, 2.05) is 11.9 Å². The standard InChI is InChI=1S/C16H22ClFN2O.ClH/c1-11-9-13(14(17)10-15(11)18)16(21)20-7-4-12(5-8-20)3-6-19-2;/h9-10,12,19H,3-8H2,1-2H3;1H. The molecule has 0 bridgehead atoms. The van der Waals surface area contributed by atoms with Crippen LogP contribution in [0.3, 0.4) is 0 Å². The van der Waals surface area contributed by atoms with Gasteiger partial charge in [-0.3, -0.25) is 4.79 Å². The second-order valence-electron chi connectivity index (χ2n) is 5.71. The third-order valence-corrected chi connectivity index (χ3v) is 4.50. The van der Waals surface area contributed by atoms with E-state index in [-0.39, 0.29) is 29.2 Å². The van der Waals surface area contributed by atoms with Gasteiger partial charge in [-0.05, 0) is 63.4 Å². The minimum Gasteiger partial charge on any atom is -0.339 e. The molecule has 1 N–H and O–H groups in total. The molecule has 0 unspecified atom stereocenters. The first kappa shape index (κ1) is 19.2. The lowest BCUT2D eigenvalue weighted by Crippen LogP contribution is -2.39. The van der Waals surface area contributed by atoms with Crippen molar-refractivity contribution in [2.24, 2.45) is 5.92 Å². The van der Waals surface area contributed by atoms with Crippen LogP contribution in [-0.4, -0.2) is 37.5 Å². The highest BCUT2D eigenvalue weighted by Gasteiger charge is 2.25. The molecule has 124 valence electrons. The van der Waals surface area contributed by atoms with Gasteiger partial charge in [-0.1, -0.05) is 11.6 Å². The number of aryl methyl sites for hydroxylation is 1. The lowest BCUT2D eigenvalue weighted by atomic mass is 9.93. The molecule has 0 saturated carbocycles. The SMILES string of the molecule is CNCCC1CCN(C(=O)c2cc(C)c(F)cc2Cl)CC1.Cl. The molecule has 1 saturated heterocycles. The van der Waals surface area contributed by atoms with Gasteiger partial charge in [0.05, 0.1) is 10.6 Å². The first-order chi connectivity index (χ1) is 10.0. The molecule has 6 heteroatoms. The van der Waals surface area contributed by atoms with Crippen molar-refractivity contribution in [3.05, 3.63) is 34.1 Å². The molecule has 0 atom stereocenters. The van der Waals surface area contributed by atoms with Gasteiger partial charge in [0.15, 0.2) is 0 Å². The number of nitrogens with zero attached hydrogens (tertiary/aromatic N) is 1. The molecule has 1 aliphatic rings. The topological polar surface area (TPSA) is 32.3 Å². The molecule has 1 amide bonds. The summed E-state index contributed by atoms with van der Waals surface area (Å²) in [5, 5.41) is 3.36. The van der Waals surface area contributed by atoms with Gasteiger partial charge in [0.2, 0.25) is 0 Å². The Morgan fingerprint density at radius 2 is 2.05 bits per heavy atom. The summed E-state index contributed by atoms with van der Waals surface area (Å²) < 4.78 is 13.4. The lowest BCUT2D eigenvalue weighted by Gasteiger charge is -2.32. The van der Waals surface area contributed by atoms with Gasteiger partial charge in [0.25, 0.3) is 5.91 Å². The Morgan fingerprint density at radius 3 is 2.64 bits per heavy atom. The van der Waals surface area contributed by atoms with E-state index in [0.717, 1.165) is 38.9 Å². The fourth-order valence-electron chi connectivity index (χ4n) is 2.76. The van der Waals surface area contributed by atoms with Crippen molar-refractivity contribution in [1.82, 2.24) is 10.2 Å². The van der Waals surface area contributed by atoms with Crippen molar-refractivity contribution in [3.63, 3.8) is 0 Å². The minimum atomic E-state index is -0.373. The number of carbonyl (C=O) groups excluding carboxylic acids is 1. The van der Waals surface area contributed by atoms with Crippen LogP contribution in [0.4, 0.5) is 4.39 Å². The average Bonchev–Trinajstić information content (AvgIpc) is 2.48.